The molecular formula is C11H21NO3S2. The van der Waals surface area contributed by atoms with Crippen LogP contribution in [0.4, 0.5) is 0 Å². The number of Topliss-reactive ketones (excluding diaryl/α,β-unsaturated/α-hetero) is 1. The molecule has 0 radical (unpaired) electrons. The van der Waals surface area contributed by atoms with Crippen molar-refractivity contribution < 1.29 is 13.2 Å². The predicted molar refractivity (Wildman–Crippen MR) is 72.0 cm³/mol. The third-order valence-electron chi connectivity index (χ3n) is 2.87. The van der Waals surface area contributed by atoms with Crippen LogP contribution in [0.3, 0.4) is 0 Å². The van der Waals surface area contributed by atoms with Crippen molar-refractivity contribution in [2.24, 2.45) is 5.41 Å². The van der Waals surface area contributed by atoms with Crippen LogP contribution in [0.15, 0.2) is 0 Å². The molecule has 1 heterocycles. The van der Waals surface area contributed by atoms with Crippen LogP contribution in [0.2, 0.25) is 0 Å². The number of hydrogen-bond donors (Lipinski definition) is 0. The van der Waals surface area contributed by atoms with Gasteiger partial charge in [-0.1, -0.05) is 20.8 Å². The van der Waals surface area contributed by atoms with Gasteiger partial charge in [0.1, 0.15) is 5.37 Å². The van der Waals surface area contributed by atoms with Crippen molar-refractivity contribution in [3.8, 4) is 0 Å². The fourth-order valence-corrected chi connectivity index (χ4v) is 4.55. The minimum Gasteiger partial charge on any atom is -0.298 e. The van der Waals surface area contributed by atoms with Crippen molar-refractivity contribution in [2.75, 3.05) is 30.9 Å². The van der Waals surface area contributed by atoms with E-state index in [0.29, 0.717) is 12.3 Å². The zero-order valence-corrected chi connectivity index (χ0v) is 12.5. The number of hydrogen-bond acceptors (Lipinski definition) is 5. The lowest BCUT2D eigenvalue weighted by Gasteiger charge is -2.34. The van der Waals surface area contributed by atoms with E-state index in [0.717, 1.165) is 5.75 Å². The van der Waals surface area contributed by atoms with Crippen molar-refractivity contribution in [3.63, 3.8) is 0 Å². The van der Waals surface area contributed by atoms with Crippen LogP contribution in [-0.4, -0.2) is 55.3 Å². The smallest absolute Gasteiger partial charge is 0.164 e. The topological polar surface area (TPSA) is 54.5 Å². The third kappa shape index (κ3) is 4.26. The third-order valence-corrected chi connectivity index (χ3v) is 5.55. The summed E-state index contributed by atoms with van der Waals surface area (Å²) in [5.74, 6) is 1.55. The van der Waals surface area contributed by atoms with Crippen LogP contribution in [-0.2, 0) is 14.6 Å². The summed E-state index contributed by atoms with van der Waals surface area (Å²) in [6.45, 7) is 6.50. The first-order chi connectivity index (χ1) is 7.62. The summed E-state index contributed by atoms with van der Waals surface area (Å²) in [4.78, 5) is 13.8. The molecule has 0 saturated carbocycles. The summed E-state index contributed by atoms with van der Waals surface area (Å²) in [6, 6.07) is 0. The van der Waals surface area contributed by atoms with Crippen molar-refractivity contribution in [1.29, 1.82) is 0 Å². The van der Waals surface area contributed by atoms with Gasteiger partial charge in [0.05, 0.1) is 6.54 Å². The van der Waals surface area contributed by atoms with Crippen molar-refractivity contribution in [1.82, 2.24) is 4.90 Å². The van der Waals surface area contributed by atoms with Crippen LogP contribution in [0.5, 0.6) is 0 Å². The van der Waals surface area contributed by atoms with E-state index in [1.165, 1.54) is 6.26 Å². The average Bonchev–Trinajstić information content (AvgIpc) is 2.15. The number of ketones is 1. The Balaban J connectivity index is 2.77. The Bertz CT molecular complexity index is 384. The second-order valence-corrected chi connectivity index (χ2v) is 8.86. The van der Waals surface area contributed by atoms with E-state index in [4.69, 9.17) is 0 Å². The van der Waals surface area contributed by atoms with Crippen molar-refractivity contribution in [2.45, 2.75) is 26.1 Å². The molecule has 100 valence electrons. The molecule has 1 aliphatic rings. The average molecular weight is 279 g/mol. The van der Waals surface area contributed by atoms with Crippen LogP contribution < -0.4 is 0 Å². The van der Waals surface area contributed by atoms with Crippen LogP contribution >= 0.6 is 11.8 Å². The van der Waals surface area contributed by atoms with E-state index in [9.17, 15) is 13.2 Å². The molecule has 0 aromatic heterocycles. The maximum atomic E-state index is 12.0. The van der Waals surface area contributed by atoms with Gasteiger partial charge in [-0.05, 0) is 0 Å². The monoisotopic (exact) mass is 279 g/mol. The van der Waals surface area contributed by atoms with Gasteiger partial charge in [-0.25, -0.2) is 8.42 Å². The van der Waals surface area contributed by atoms with E-state index in [1.807, 2.05) is 20.8 Å². The molecule has 0 spiro atoms. The SMILES string of the molecule is CC(C)(C)C(=O)CN1CCSCC1S(C)(=O)=O. The fraction of sp³-hybridized carbons (Fsp3) is 0.909. The van der Waals surface area contributed by atoms with Gasteiger partial charge in [-0.3, -0.25) is 9.69 Å². The molecule has 0 aromatic carbocycles. The minimum atomic E-state index is -3.11. The Kier molecular flexibility index (Phi) is 4.66. The Labute approximate surface area is 108 Å². The van der Waals surface area contributed by atoms with Gasteiger partial charge in [0, 0.05) is 29.7 Å². The first kappa shape index (κ1) is 15.0. The summed E-state index contributed by atoms with van der Waals surface area (Å²) in [5, 5.41) is -0.507. The van der Waals surface area contributed by atoms with Crippen molar-refractivity contribution in [3.05, 3.63) is 0 Å². The number of nitrogens with zero attached hydrogens (tertiary/aromatic N) is 1. The molecule has 0 bridgehead atoms. The first-order valence-corrected chi connectivity index (χ1v) is 8.77. The van der Waals surface area contributed by atoms with Gasteiger partial charge in [-0.15, -0.1) is 0 Å². The molecule has 17 heavy (non-hydrogen) atoms. The molecular weight excluding hydrogens is 258 g/mol. The molecule has 0 aliphatic carbocycles. The van der Waals surface area contributed by atoms with Gasteiger partial charge < -0.3 is 0 Å². The molecule has 0 aromatic rings. The van der Waals surface area contributed by atoms with Gasteiger partial charge in [0.15, 0.2) is 15.6 Å². The molecule has 0 N–H and O–H groups in total. The van der Waals surface area contributed by atoms with E-state index in [1.54, 1.807) is 16.7 Å². The second kappa shape index (κ2) is 5.28. The van der Waals surface area contributed by atoms with Crippen molar-refractivity contribution >= 4 is 27.4 Å². The van der Waals surface area contributed by atoms with Gasteiger partial charge >= 0.3 is 0 Å². The van der Waals surface area contributed by atoms with E-state index in [-0.39, 0.29) is 12.3 Å². The molecule has 1 unspecified atom stereocenters. The minimum absolute atomic E-state index is 0.0954. The molecule has 1 aliphatic heterocycles. The second-order valence-electron chi connectivity index (χ2n) is 5.50. The molecule has 1 saturated heterocycles. The highest BCUT2D eigenvalue weighted by atomic mass is 32.2. The Hall–Kier alpha value is -0.0700. The molecule has 6 heteroatoms. The summed E-state index contributed by atoms with van der Waals surface area (Å²) in [6.07, 6.45) is 1.25. The molecule has 1 rings (SSSR count). The summed E-state index contributed by atoms with van der Waals surface area (Å²) in [7, 11) is -3.11. The fourth-order valence-electron chi connectivity index (χ4n) is 1.61. The van der Waals surface area contributed by atoms with E-state index < -0.39 is 20.6 Å². The molecule has 1 atom stereocenters. The number of thioether (sulfide) groups is 1. The number of carbonyl (C=O) groups is 1. The Morgan fingerprint density at radius 1 is 1.41 bits per heavy atom. The highest BCUT2D eigenvalue weighted by Gasteiger charge is 2.34. The lowest BCUT2D eigenvalue weighted by atomic mass is 9.90. The standard InChI is InChI=1S/C11H21NO3S2/c1-11(2,3)9(13)7-12-5-6-16-8-10(12)17(4,14)15/h10H,5-8H2,1-4H3. The largest absolute Gasteiger partial charge is 0.298 e. The lowest BCUT2D eigenvalue weighted by molar-refractivity contribution is -0.127. The molecule has 1 fully saturated rings. The quantitative estimate of drug-likeness (QED) is 0.772. The first-order valence-electron chi connectivity index (χ1n) is 5.66. The van der Waals surface area contributed by atoms with Crippen LogP contribution in [0.25, 0.3) is 0 Å². The summed E-state index contributed by atoms with van der Waals surface area (Å²) in [5.41, 5.74) is -0.410. The van der Waals surface area contributed by atoms with Crippen LogP contribution in [0.1, 0.15) is 20.8 Å². The maximum Gasteiger partial charge on any atom is 0.164 e. The zero-order valence-electron chi connectivity index (χ0n) is 10.9. The normalized spacial score (nSPS) is 23.6. The number of carbonyl (C=O) groups excluding carboxylic acids is 1. The summed E-state index contributed by atoms with van der Waals surface area (Å²) < 4.78 is 23.3. The van der Waals surface area contributed by atoms with Gasteiger partial charge in [0.2, 0.25) is 0 Å². The number of sulfone groups is 1. The highest BCUT2D eigenvalue weighted by molar-refractivity contribution is 8.00. The lowest BCUT2D eigenvalue weighted by Crippen LogP contribution is -2.50. The zero-order chi connectivity index (χ0) is 13.3. The van der Waals surface area contributed by atoms with Gasteiger partial charge in [-0.2, -0.15) is 11.8 Å². The molecule has 4 nitrogen and oxygen atoms in total. The highest BCUT2D eigenvalue weighted by Crippen LogP contribution is 2.22. The Morgan fingerprint density at radius 3 is 2.47 bits per heavy atom. The summed E-state index contributed by atoms with van der Waals surface area (Å²) >= 11 is 1.64. The van der Waals surface area contributed by atoms with E-state index >= 15 is 0 Å². The number of rotatable bonds is 3. The van der Waals surface area contributed by atoms with Crippen LogP contribution in [0, 0.1) is 5.41 Å². The predicted octanol–water partition coefficient (Wildman–Crippen LogP) is 1.02. The molecule has 0 amide bonds. The maximum absolute atomic E-state index is 12.0. The van der Waals surface area contributed by atoms with Gasteiger partial charge in [0.25, 0.3) is 0 Å². The Morgan fingerprint density at radius 2 is 2.00 bits per heavy atom. The van der Waals surface area contributed by atoms with E-state index in [2.05, 4.69) is 0 Å².